The number of esters is 2. The zero-order valence-electron chi connectivity index (χ0n) is 22.3. The molecule has 0 spiro atoms. The number of ether oxygens (including phenoxy) is 2. The molecule has 1 aromatic carbocycles. The van der Waals surface area contributed by atoms with Crippen molar-refractivity contribution in [1.29, 1.82) is 0 Å². The average Bonchev–Trinajstić information content (AvgIpc) is 3.28. The lowest BCUT2D eigenvalue weighted by Crippen LogP contribution is -2.44. The molecular weight excluding hydrogens is 484 g/mol. The second-order valence-electron chi connectivity index (χ2n) is 10.2. The van der Waals surface area contributed by atoms with Crippen LogP contribution in [0.1, 0.15) is 88.0 Å². The van der Waals surface area contributed by atoms with Crippen molar-refractivity contribution in [3.8, 4) is 17.1 Å². The Bertz CT molecular complexity index is 1490. The molecule has 0 radical (unpaired) electrons. The van der Waals surface area contributed by atoms with Crippen LogP contribution in [-0.4, -0.2) is 26.6 Å². The van der Waals surface area contributed by atoms with E-state index in [1.165, 1.54) is 6.42 Å². The normalized spacial score (nSPS) is 17.6. The molecule has 5 rings (SSSR count). The van der Waals surface area contributed by atoms with E-state index in [1.54, 1.807) is 17.6 Å². The molecule has 0 unspecified atom stereocenters. The van der Waals surface area contributed by atoms with Crippen LogP contribution < -0.4 is 10.3 Å². The van der Waals surface area contributed by atoms with Crippen LogP contribution in [0.4, 0.5) is 0 Å². The highest BCUT2D eigenvalue weighted by Gasteiger charge is 2.45. The molecule has 1 N–H and O–H groups in total. The summed E-state index contributed by atoms with van der Waals surface area (Å²) in [4.78, 5) is 43.4. The van der Waals surface area contributed by atoms with Crippen molar-refractivity contribution >= 4 is 22.8 Å². The molecule has 0 fully saturated rings. The number of benzene rings is 1. The Balaban J connectivity index is 1.54. The van der Waals surface area contributed by atoms with E-state index >= 15 is 0 Å². The summed E-state index contributed by atoms with van der Waals surface area (Å²) in [5.74, 6) is -0.539. The number of aryl methyl sites for hydroxylation is 1. The summed E-state index contributed by atoms with van der Waals surface area (Å²) in [5, 5.41) is 11.8. The van der Waals surface area contributed by atoms with Crippen molar-refractivity contribution in [1.82, 2.24) is 9.55 Å². The zero-order chi connectivity index (χ0) is 27.0. The second kappa shape index (κ2) is 10.3. The number of carbonyl (C=O) groups is 2. The predicted molar refractivity (Wildman–Crippen MR) is 143 cm³/mol. The molecule has 2 aliphatic rings. The van der Waals surface area contributed by atoms with Crippen molar-refractivity contribution < 1.29 is 24.2 Å². The average molecular weight is 519 g/mol. The fraction of sp³-hybridized carbons (Fsp3) is 0.467. The number of aliphatic hydroxyl groups is 1. The first-order chi connectivity index (χ1) is 18.3. The van der Waals surface area contributed by atoms with Crippen LogP contribution in [0.15, 0.2) is 29.1 Å². The van der Waals surface area contributed by atoms with Crippen LogP contribution in [0, 0.1) is 0 Å². The molecule has 200 valence electrons. The van der Waals surface area contributed by atoms with E-state index in [2.05, 4.69) is 6.92 Å². The van der Waals surface area contributed by atoms with Crippen LogP contribution in [0.3, 0.4) is 0 Å². The molecule has 0 amide bonds. The molecule has 1 atom stereocenters. The second-order valence-corrected chi connectivity index (χ2v) is 10.2. The van der Waals surface area contributed by atoms with Crippen molar-refractivity contribution in [2.75, 3.05) is 0 Å². The number of hydrogen-bond donors (Lipinski definition) is 1. The Morgan fingerprint density at radius 1 is 1.13 bits per heavy atom. The van der Waals surface area contributed by atoms with Gasteiger partial charge in [0, 0.05) is 22.9 Å². The SMILES string of the molecule is CCCCCCCC(=O)Oc1ccc(CC)c2nc3c(cc12)Cn1c-3cc2c(c1=O)COC(=O)[C@]2(O)CC. The van der Waals surface area contributed by atoms with Gasteiger partial charge in [0.25, 0.3) is 5.56 Å². The van der Waals surface area contributed by atoms with Crippen LogP contribution in [0.5, 0.6) is 5.75 Å². The van der Waals surface area contributed by atoms with Gasteiger partial charge in [-0.2, -0.15) is 0 Å². The third-order valence-corrected chi connectivity index (χ3v) is 7.81. The molecule has 0 bridgehead atoms. The van der Waals surface area contributed by atoms with Gasteiger partial charge in [0.1, 0.15) is 12.4 Å². The van der Waals surface area contributed by atoms with Gasteiger partial charge in [0.05, 0.1) is 29.0 Å². The summed E-state index contributed by atoms with van der Waals surface area (Å²) in [5.41, 5.74) is 2.12. The Kier molecular flexibility index (Phi) is 7.09. The Labute approximate surface area is 221 Å². The molecule has 3 aromatic rings. The third kappa shape index (κ3) is 4.30. The van der Waals surface area contributed by atoms with E-state index in [0.29, 0.717) is 41.2 Å². The highest BCUT2D eigenvalue weighted by molar-refractivity contribution is 5.93. The van der Waals surface area contributed by atoms with E-state index in [-0.39, 0.29) is 30.1 Å². The van der Waals surface area contributed by atoms with Crippen molar-refractivity contribution in [2.24, 2.45) is 0 Å². The molecule has 0 aliphatic carbocycles. The monoisotopic (exact) mass is 518 g/mol. The van der Waals surface area contributed by atoms with Gasteiger partial charge in [0.15, 0.2) is 5.60 Å². The Morgan fingerprint density at radius 3 is 2.66 bits per heavy atom. The lowest BCUT2D eigenvalue weighted by molar-refractivity contribution is -0.172. The molecule has 0 saturated heterocycles. The molecule has 8 nitrogen and oxygen atoms in total. The lowest BCUT2D eigenvalue weighted by Gasteiger charge is -2.31. The summed E-state index contributed by atoms with van der Waals surface area (Å²) in [7, 11) is 0. The van der Waals surface area contributed by atoms with Gasteiger partial charge in [-0.05, 0) is 43.0 Å². The number of cyclic esters (lactones) is 1. The number of fused-ring (bicyclic) bond motifs is 5. The smallest absolute Gasteiger partial charge is 0.343 e. The molecule has 2 aromatic heterocycles. The van der Waals surface area contributed by atoms with Gasteiger partial charge in [-0.15, -0.1) is 0 Å². The van der Waals surface area contributed by atoms with Gasteiger partial charge in [0.2, 0.25) is 0 Å². The summed E-state index contributed by atoms with van der Waals surface area (Å²) >= 11 is 0. The number of carbonyl (C=O) groups excluding carboxylic acids is 2. The highest BCUT2D eigenvalue weighted by Crippen LogP contribution is 2.40. The van der Waals surface area contributed by atoms with Crippen molar-refractivity contribution in [3.05, 3.63) is 56.9 Å². The van der Waals surface area contributed by atoms with E-state index in [4.69, 9.17) is 14.5 Å². The molecule has 0 saturated carbocycles. The molecule has 4 heterocycles. The quantitative estimate of drug-likeness (QED) is 0.191. The fourth-order valence-electron chi connectivity index (χ4n) is 5.52. The number of unbranched alkanes of at least 4 members (excludes halogenated alkanes) is 4. The molecule has 2 aliphatic heterocycles. The summed E-state index contributed by atoms with van der Waals surface area (Å²) in [6.45, 7) is 6.00. The number of hydrogen-bond acceptors (Lipinski definition) is 7. The zero-order valence-corrected chi connectivity index (χ0v) is 22.3. The van der Waals surface area contributed by atoms with Crippen molar-refractivity contribution in [2.45, 2.75) is 90.9 Å². The number of pyridine rings is 2. The minimum Gasteiger partial charge on any atom is -0.458 e. The maximum Gasteiger partial charge on any atom is 0.343 e. The third-order valence-electron chi connectivity index (χ3n) is 7.81. The maximum absolute atomic E-state index is 13.4. The number of rotatable bonds is 9. The molecular formula is C30H34N2O6. The van der Waals surface area contributed by atoms with Crippen LogP contribution in [0.2, 0.25) is 0 Å². The van der Waals surface area contributed by atoms with Gasteiger partial charge >= 0.3 is 11.9 Å². The lowest BCUT2D eigenvalue weighted by atomic mass is 9.86. The van der Waals surface area contributed by atoms with Crippen molar-refractivity contribution in [3.63, 3.8) is 0 Å². The first-order valence-corrected chi connectivity index (χ1v) is 13.7. The first-order valence-electron chi connectivity index (χ1n) is 13.7. The summed E-state index contributed by atoms with van der Waals surface area (Å²) in [6, 6.07) is 7.40. The molecule has 38 heavy (non-hydrogen) atoms. The van der Waals surface area contributed by atoms with Crippen LogP contribution >= 0.6 is 0 Å². The van der Waals surface area contributed by atoms with E-state index in [9.17, 15) is 19.5 Å². The Hall–Kier alpha value is -3.52. The largest absolute Gasteiger partial charge is 0.458 e. The van der Waals surface area contributed by atoms with Gasteiger partial charge in [-0.3, -0.25) is 9.59 Å². The van der Waals surface area contributed by atoms with E-state index in [1.807, 2.05) is 25.1 Å². The van der Waals surface area contributed by atoms with E-state index in [0.717, 1.165) is 48.6 Å². The summed E-state index contributed by atoms with van der Waals surface area (Å²) < 4.78 is 12.6. The number of aromatic nitrogens is 2. The van der Waals surface area contributed by atoms with Crippen LogP contribution in [0.25, 0.3) is 22.3 Å². The van der Waals surface area contributed by atoms with Gasteiger partial charge < -0.3 is 19.1 Å². The molecule has 8 heteroatoms. The minimum absolute atomic E-state index is 0.0903. The predicted octanol–water partition coefficient (Wildman–Crippen LogP) is 4.91. The minimum atomic E-state index is -1.87. The topological polar surface area (TPSA) is 108 Å². The summed E-state index contributed by atoms with van der Waals surface area (Å²) in [6.07, 6.45) is 6.44. The van der Waals surface area contributed by atoms with Gasteiger partial charge in [-0.1, -0.05) is 52.5 Å². The highest BCUT2D eigenvalue weighted by atomic mass is 16.6. The van der Waals surface area contributed by atoms with Crippen LogP contribution in [-0.2, 0) is 39.5 Å². The maximum atomic E-state index is 13.4. The Morgan fingerprint density at radius 2 is 1.92 bits per heavy atom. The fourth-order valence-corrected chi connectivity index (χ4v) is 5.52. The number of nitrogens with zero attached hydrogens (tertiary/aromatic N) is 2. The first kappa shape index (κ1) is 26.1. The van der Waals surface area contributed by atoms with Gasteiger partial charge in [-0.25, -0.2) is 9.78 Å². The van der Waals surface area contributed by atoms with E-state index < -0.39 is 11.6 Å². The standard InChI is InChI=1S/C30H34N2O6/c1-4-7-8-9-10-11-25(33)38-24-13-12-18(5-2)26-20(24)14-19-16-32-23(27(19)31-26)15-22-21(28(32)34)17-37-29(35)30(22,36)6-3/h12-15,36H,4-11,16-17H2,1-3H3/t30-/m0/s1.